The third-order valence-electron chi connectivity index (χ3n) is 5.47. The van der Waals surface area contributed by atoms with Gasteiger partial charge in [-0.05, 0) is 52.9 Å². The van der Waals surface area contributed by atoms with Crippen molar-refractivity contribution < 1.29 is 9.90 Å². The Balaban J connectivity index is 1.59. The van der Waals surface area contributed by atoms with E-state index in [1.54, 1.807) is 4.90 Å². The van der Waals surface area contributed by atoms with Crippen molar-refractivity contribution in [2.45, 2.75) is 44.2 Å². The van der Waals surface area contributed by atoms with Crippen molar-refractivity contribution >= 4 is 6.03 Å². The summed E-state index contributed by atoms with van der Waals surface area (Å²) in [4.78, 5) is 18.6. The molecular formula is C17H34N4O2. The van der Waals surface area contributed by atoms with E-state index in [-0.39, 0.29) is 18.1 Å². The van der Waals surface area contributed by atoms with Gasteiger partial charge >= 0.3 is 6.03 Å². The van der Waals surface area contributed by atoms with Crippen molar-refractivity contribution in [3.05, 3.63) is 0 Å². The molecular weight excluding hydrogens is 292 g/mol. The maximum atomic E-state index is 12.1. The summed E-state index contributed by atoms with van der Waals surface area (Å²) in [6.07, 6.45) is 5.16. The van der Waals surface area contributed by atoms with E-state index < -0.39 is 0 Å². The van der Waals surface area contributed by atoms with Gasteiger partial charge in [-0.25, -0.2) is 4.79 Å². The average molecular weight is 326 g/mol. The Hall–Kier alpha value is -0.850. The maximum Gasteiger partial charge on any atom is 0.317 e. The van der Waals surface area contributed by atoms with E-state index in [1.807, 2.05) is 7.05 Å². The van der Waals surface area contributed by atoms with Gasteiger partial charge in [0.05, 0.1) is 6.10 Å². The number of carbonyl (C=O) groups excluding carboxylic acids is 1. The van der Waals surface area contributed by atoms with Crippen LogP contribution in [0.1, 0.15) is 32.1 Å². The standard InChI is InChI=1S/C17H34N4O2/c1-19(2)15-7-10-21(11-8-15)12-9-18-17(23)20(3)13-14-5-4-6-16(14)22/h14-16,22H,4-13H2,1-3H3,(H,18,23). The smallest absolute Gasteiger partial charge is 0.317 e. The SMILES string of the molecule is CN(CC1CCCC1O)C(=O)NCCN1CCC(N(C)C)CC1. The molecule has 1 saturated heterocycles. The van der Waals surface area contributed by atoms with Crippen LogP contribution < -0.4 is 5.32 Å². The van der Waals surface area contributed by atoms with Crippen molar-refractivity contribution in [3.63, 3.8) is 0 Å². The van der Waals surface area contributed by atoms with E-state index in [2.05, 4.69) is 29.2 Å². The monoisotopic (exact) mass is 326 g/mol. The van der Waals surface area contributed by atoms with Crippen LogP contribution in [0.3, 0.4) is 0 Å². The molecule has 6 heteroatoms. The first-order valence-corrected chi connectivity index (χ1v) is 9.03. The van der Waals surface area contributed by atoms with Crippen LogP contribution in [0.5, 0.6) is 0 Å². The average Bonchev–Trinajstić information content (AvgIpc) is 2.92. The Kier molecular flexibility index (Phi) is 7.11. The fourth-order valence-electron chi connectivity index (χ4n) is 3.78. The van der Waals surface area contributed by atoms with Crippen molar-refractivity contribution in [2.75, 3.05) is 53.9 Å². The molecule has 0 aromatic heterocycles. The van der Waals surface area contributed by atoms with Gasteiger partial charge in [0, 0.05) is 38.6 Å². The molecule has 0 spiro atoms. The lowest BCUT2D eigenvalue weighted by atomic mass is 10.0. The van der Waals surface area contributed by atoms with E-state index in [9.17, 15) is 9.90 Å². The van der Waals surface area contributed by atoms with Crippen molar-refractivity contribution in [1.29, 1.82) is 0 Å². The van der Waals surface area contributed by atoms with Gasteiger partial charge in [0.2, 0.25) is 0 Å². The Morgan fingerprint density at radius 1 is 1.17 bits per heavy atom. The summed E-state index contributed by atoms with van der Waals surface area (Å²) >= 11 is 0. The molecule has 2 unspecified atom stereocenters. The van der Waals surface area contributed by atoms with Crippen LogP contribution in [0, 0.1) is 5.92 Å². The number of carbonyl (C=O) groups is 1. The first-order valence-electron chi connectivity index (χ1n) is 9.03. The van der Waals surface area contributed by atoms with Crippen LogP contribution in [-0.2, 0) is 0 Å². The van der Waals surface area contributed by atoms with Crippen molar-refractivity contribution in [3.8, 4) is 0 Å². The van der Waals surface area contributed by atoms with E-state index in [1.165, 1.54) is 12.8 Å². The number of aliphatic hydroxyl groups is 1. The normalized spacial score (nSPS) is 26.7. The van der Waals surface area contributed by atoms with Gasteiger partial charge in [-0.3, -0.25) is 0 Å². The molecule has 6 nitrogen and oxygen atoms in total. The van der Waals surface area contributed by atoms with E-state index in [4.69, 9.17) is 0 Å². The van der Waals surface area contributed by atoms with Gasteiger partial charge in [-0.15, -0.1) is 0 Å². The molecule has 1 aliphatic heterocycles. The molecule has 2 atom stereocenters. The molecule has 0 bridgehead atoms. The van der Waals surface area contributed by atoms with Gasteiger partial charge in [0.15, 0.2) is 0 Å². The minimum Gasteiger partial charge on any atom is -0.393 e. The molecule has 0 aromatic carbocycles. The van der Waals surface area contributed by atoms with Crippen LogP contribution in [-0.4, -0.2) is 91.8 Å². The molecule has 2 fully saturated rings. The molecule has 0 aromatic rings. The van der Waals surface area contributed by atoms with E-state index >= 15 is 0 Å². The Morgan fingerprint density at radius 2 is 1.87 bits per heavy atom. The molecule has 2 rings (SSSR count). The second kappa shape index (κ2) is 8.85. The highest BCUT2D eigenvalue weighted by atomic mass is 16.3. The summed E-state index contributed by atoms with van der Waals surface area (Å²) in [7, 11) is 6.12. The highest BCUT2D eigenvalue weighted by molar-refractivity contribution is 5.73. The lowest BCUT2D eigenvalue weighted by Crippen LogP contribution is -2.46. The number of urea groups is 1. The van der Waals surface area contributed by atoms with Gasteiger partial charge in [-0.1, -0.05) is 6.42 Å². The predicted molar refractivity (Wildman–Crippen MR) is 92.5 cm³/mol. The molecule has 2 aliphatic rings. The van der Waals surface area contributed by atoms with Gasteiger partial charge < -0.3 is 25.1 Å². The zero-order chi connectivity index (χ0) is 16.8. The molecule has 0 radical (unpaired) electrons. The lowest BCUT2D eigenvalue weighted by Gasteiger charge is -2.35. The van der Waals surface area contributed by atoms with Crippen LogP contribution in [0.4, 0.5) is 4.79 Å². The number of hydrogen-bond donors (Lipinski definition) is 2. The fraction of sp³-hybridized carbons (Fsp3) is 0.941. The number of amides is 2. The second-order valence-corrected chi connectivity index (χ2v) is 7.41. The fourth-order valence-corrected chi connectivity index (χ4v) is 3.78. The highest BCUT2D eigenvalue weighted by Gasteiger charge is 2.27. The largest absolute Gasteiger partial charge is 0.393 e. The molecule has 1 aliphatic carbocycles. The van der Waals surface area contributed by atoms with Gasteiger partial charge in [-0.2, -0.15) is 0 Å². The van der Waals surface area contributed by atoms with Crippen LogP contribution in [0.25, 0.3) is 0 Å². The summed E-state index contributed by atoms with van der Waals surface area (Å²) in [5.74, 6) is 0.246. The minimum atomic E-state index is -0.233. The number of likely N-dealkylation sites (tertiary alicyclic amines) is 1. The molecule has 1 saturated carbocycles. The number of piperidine rings is 1. The number of nitrogens with zero attached hydrogens (tertiary/aromatic N) is 3. The third-order valence-corrected chi connectivity index (χ3v) is 5.47. The van der Waals surface area contributed by atoms with Crippen LogP contribution in [0.15, 0.2) is 0 Å². The number of nitrogens with one attached hydrogen (secondary N) is 1. The quantitative estimate of drug-likeness (QED) is 0.758. The molecule has 23 heavy (non-hydrogen) atoms. The highest BCUT2D eigenvalue weighted by Crippen LogP contribution is 2.25. The van der Waals surface area contributed by atoms with Crippen LogP contribution >= 0.6 is 0 Å². The Labute approximate surface area is 140 Å². The van der Waals surface area contributed by atoms with Crippen molar-refractivity contribution in [1.82, 2.24) is 20.0 Å². The summed E-state index contributed by atoms with van der Waals surface area (Å²) < 4.78 is 0. The van der Waals surface area contributed by atoms with Crippen molar-refractivity contribution in [2.24, 2.45) is 5.92 Å². The Morgan fingerprint density at radius 3 is 2.43 bits per heavy atom. The van der Waals surface area contributed by atoms with E-state index in [0.717, 1.165) is 38.9 Å². The lowest BCUT2D eigenvalue weighted by molar-refractivity contribution is 0.113. The zero-order valence-corrected chi connectivity index (χ0v) is 15.0. The molecule has 2 N–H and O–H groups in total. The number of rotatable bonds is 6. The second-order valence-electron chi connectivity index (χ2n) is 7.41. The summed E-state index contributed by atoms with van der Waals surface area (Å²) in [6, 6.07) is 0.678. The maximum absolute atomic E-state index is 12.1. The predicted octanol–water partition coefficient (Wildman–Crippen LogP) is 0.815. The first-order chi connectivity index (χ1) is 11.0. The molecule has 134 valence electrons. The van der Waals surface area contributed by atoms with Gasteiger partial charge in [0.1, 0.15) is 0 Å². The third kappa shape index (κ3) is 5.62. The van der Waals surface area contributed by atoms with Crippen LogP contribution in [0.2, 0.25) is 0 Å². The van der Waals surface area contributed by atoms with E-state index in [0.29, 0.717) is 19.1 Å². The first kappa shape index (κ1) is 18.5. The minimum absolute atomic E-state index is 0.0210. The number of aliphatic hydroxyl groups excluding tert-OH is 1. The Bertz CT molecular complexity index is 370. The summed E-state index contributed by atoms with van der Waals surface area (Å²) in [6.45, 7) is 4.50. The molecule has 1 heterocycles. The topological polar surface area (TPSA) is 59.1 Å². The zero-order valence-electron chi connectivity index (χ0n) is 15.0. The summed E-state index contributed by atoms with van der Waals surface area (Å²) in [5, 5.41) is 12.9. The summed E-state index contributed by atoms with van der Waals surface area (Å²) in [5.41, 5.74) is 0. The number of hydrogen-bond acceptors (Lipinski definition) is 4. The molecule has 2 amide bonds. The van der Waals surface area contributed by atoms with Gasteiger partial charge in [0.25, 0.3) is 0 Å².